The Bertz CT molecular complexity index is 1710. The number of benzene rings is 1. The number of aromatic nitrogens is 4. The lowest BCUT2D eigenvalue weighted by Gasteiger charge is -2.36. The number of pyridine rings is 1. The Kier molecular flexibility index (Phi) is 8.23. The summed E-state index contributed by atoms with van der Waals surface area (Å²) in [4.78, 5) is 33.5. The number of carbonyl (C=O) groups excluding carboxylic acids is 1. The molecular formula is C27H30ClFN8O3S. The van der Waals surface area contributed by atoms with E-state index in [2.05, 4.69) is 47.4 Å². The normalized spacial score (nSPS) is 15.6. The van der Waals surface area contributed by atoms with Gasteiger partial charge in [0.1, 0.15) is 4.90 Å². The number of likely N-dealkylation sites (N-methyl/N-ethyl adjacent to an activating group) is 1. The number of H-pyrrole nitrogens is 1. The second-order valence-corrected chi connectivity index (χ2v) is 12.3. The van der Waals surface area contributed by atoms with Crippen LogP contribution in [0, 0.1) is 5.82 Å². The van der Waals surface area contributed by atoms with E-state index in [1.165, 1.54) is 24.4 Å². The molecule has 1 atom stereocenters. The van der Waals surface area contributed by atoms with Crippen LogP contribution < -0.4 is 10.6 Å². The molecule has 1 amide bonds. The summed E-state index contributed by atoms with van der Waals surface area (Å²) in [5.41, 5.74) is 1.47. The van der Waals surface area contributed by atoms with Crippen molar-refractivity contribution in [3.8, 4) is 11.3 Å². The molecule has 11 nitrogen and oxygen atoms in total. The third kappa shape index (κ3) is 6.03. The highest BCUT2D eigenvalue weighted by Crippen LogP contribution is 2.35. The molecule has 3 aromatic heterocycles. The second-order valence-electron chi connectivity index (χ2n) is 9.94. The third-order valence-corrected chi connectivity index (χ3v) is 8.51. The van der Waals surface area contributed by atoms with Gasteiger partial charge in [-0.25, -0.2) is 27.8 Å². The van der Waals surface area contributed by atoms with Crippen LogP contribution in [0.1, 0.15) is 13.3 Å². The first-order valence-corrected chi connectivity index (χ1v) is 15.3. The number of anilines is 3. The number of hydrogen-bond acceptors (Lipinski definition) is 9. The van der Waals surface area contributed by atoms with Crippen molar-refractivity contribution in [2.75, 3.05) is 50.1 Å². The number of fused-ring (bicyclic) bond motifs is 1. The van der Waals surface area contributed by atoms with Crippen LogP contribution in [0.5, 0.6) is 0 Å². The van der Waals surface area contributed by atoms with Gasteiger partial charge in [0.05, 0.1) is 34.2 Å². The fourth-order valence-corrected chi connectivity index (χ4v) is 5.87. The molecule has 1 fully saturated rings. The maximum atomic E-state index is 14.9. The summed E-state index contributed by atoms with van der Waals surface area (Å²) < 4.78 is 38.8. The molecule has 41 heavy (non-hydrogen) atoms. The summed E-state index contributed by atoms with van der Waals surface area (Å²) in [6, 6.07) is 5.50. The predicted molar refractivity (Wildman–Crippen MR) is 157 cm³/mol. The molecule has 5 rings (SSSR count). The van der Waals surface area contributed by atoms with Crippen LogP contribution in [0.3, 0.4) is 0 Å². The summed E-state index contributed by atoms with van der Waals surface area (Å²) in [5, 5.41) is 6.68. The SMILES string of the molecule is CCC(C(=O)Nc1nccc2c(-c3nc(Nc4cccc(S(C)(=O)=O)c4F)ncc3Cl)c[nH]c12)N1CCN(C)CC1. The van der Waals surface area contributed by atoms with Gasteiger partial charge in [-0.3, -0.25) is 9.69 Å². The average molecular weight is 601 g/mol. The van der Waals surface area contributed by atoms with Crippen molar-refractivity contribution in [1.29, 1.82) is 0 Å². The zero-order valence-electron chi connectivity index (χ0n) is 22.8. The van der Waals surface area contributed by atoms with E-state index >= 15 is 0 Å². The number of amides is 1. The van der Waals surface area contributed by atoms with Gasteiger partial charge in [0.25, 0.3) is 0 Å². The fourth-order valence-electron chi connectivity index (χ4n) is 4.92. The first-order chi connectivity index (χ1) is 19.6. The molecule has 14 heteroatoms. The quantitative estimate of drug-likeness (QED) is 0.275. The largest absolute Gasteiger partial charge is 0.357 e. The summed E-state index contributed by atoms with van der Waals surface area (Å²) in [6.45, 7) is 5.44. The number of nitrogens with one attached hydrogen (secondary N) is 3. The van der Waals surface area contributed by atoms with Crippen LogP contribution >= 0.6 is 11.6 Å². The molecule has 3 N–H and O–H groups in total. The number of carbonyl (C=O) groups is 1. The smallest absolute Gasteiger partial charge is 0.242 e. The van der Waals surface area contributed by atoms with Gasteiger partial charge in [-0.2, -0.15) is 0 Å². The fraction of sp³-hybridized carbons (Fsp3) is 0.333. The van der Waals surface area contributed by atoms with Gasteiger partial charge < -0.3 is 20.5 Å². The van der Waals surface area contributed by atoms with Gasteiger partial charge in [0.15, 0.2) is 21.5 Å². The van der Waals surface area contributed by atoms with Gasteiger partial charge in [-0.1, -0.05) is 24.6 Å². The number of aromatic amines is 1. The molecule has 4 heterocycles. The van der Waals surface area contributed by atoms with Crippen LogP contribution in [-0.2, 0) is 14.6 Å². The Morgan fingerprint density at radius 1 is 1.20 bits per heavy atom. The number of piperazine rings is 1. The number of nitrogens with zero attached hydrogens (tertiary/aromatic N) is 5. The van der Waals surface area contributed by atoms with E-state index in [0.29, 0.717) is 34.4 Å². The van der Waals surface area contributed by atoms with E-state index in [0.717, 1.165) is 32.4 Å². The minimum absolute atomic E-state index is 0.0175. The standard InChI is InChI=1S/C27H30ClFN8O3S/c1-4-20(37-12-10-36(2)11-13-37)26(38)35-25-24-16(8-9-30-25)17(14-31-24)23-18(28)15-32-27(34-23)33-19-6-5-7-21(22(19)29)41(3,39)40/h5-9,14-15,20,31H,4,10-13H2,1-3H3,(H,30,35,38)(H,32,33,34). The van der Waals surface area contributed by atoms with Crippen LogP contribution in [-0.4, -0.2) is 89.6 Å². The Morgan fingerprint density at radius 2 is 1.95 bits per heavy atom. The lowest BCUT2D eigenvalue weighted by Crippen LogP contribution is -2.52. The summed E-state index contributed by atoms with van der Waals surface area (Å²) in [6.07, 6.45) is 6.26. The van der Waals surface area contributed by atoms with E-state index in [1.54, 1.807) is 18.5 Å². The maximum Gasteiger partial charge on any atom is 0.242 e. The summed E-state index contributed by atoms with van der Waals surface area (Å²) in [7, 11) is -1.70. The minimum Gasteiger partial charge on any atom is -0.357 e. The number of sulfone groups is 1. The van der Waals surface area contributed by atoms with Crippen molar-refractivity contribution in [3.63, 3.8) is 0 Å². The van der Waals surface area contributed by atoms with Crippen LogP contribution in [0.15, 0.2) is 47.8 Å². The zero-order valence-corrected chi connectivity index (χ0v) is 24.4. The number of rotatable bonds is 8. The summed E-state index contributed by atoms with van der Waals surface area (Å²) >= 11 is 6.47. The van der Waals surface area contributed by atoms with E-state index in [4.69, 9.17) is 11.6 Å². The molecular weight excluding hydrogens is 571 g/mol. The van der Waals surface area contributed by atoms with Gasteiger partial charge in [-0.05, 0) is 31.7 Å². The number of halogens is 2. The predicted octanol–water partition coefficient (Wildman–Crippen LogP) is 3.92. The molecule has 0 saturated carbocycles. The first kappa shape index (κ1) is 28.9. The zero-order chi connectivity index (χ0) is 29.3. The van der Waals surface area contributed by atoms with E-state index in [9.17, 15) is 17.6 Å². The molecule has 1 aromatic carbocycles. The molecule has 1 saturated heterocycles. The highest BCUT2D eigenvalue weighted by molar-refractivity contribution is 7.90. The molecule has 0 radical (unpaired) electrons. The lowest BCUT2D eigenvalue weighted by atomic mass is 10.1. The van der Waals surface area contributed by atoms with Crippen LogP contribution in [0.2, 0.25) is 5.02 Å². The van der Waals surface area contributed by atoms with Gasteiger partial charge >= 0.3 is 0 Å². The molecule has 4 aromatic rings. The molecule has 0 spiro atoms. The monoisotopic (exact) mass is 600 g/mol. The second kappa shape index (κ2) is 11.7. The molecule has 0 aliphatic carbocycles. The van der Waals surface area contributed by atoms with Crippen molar-refractivity contribution >= 4 is 55.7 Å². The Hall–Kier alpha value is -3.65. The van der Waals surface area contributed by atoms with Crippen molar-refractivity contribution in [2.45, 2.75) is 24.3 Å². The van der Waals surface area contributed by atoms with E-state index in [-0.39, 0.29) is 28.6 Å². The first-order valence-electron chi connectivity index (χ1n) is 13.0. The maximum absolute atomic E-state index is 14.9. The van der Waals surface area contributed by atoms with E-state index < -0.39 is 20.5 Å². The average Bonchev–Trinajstić information content (AvgIpc) is 3.37. The lowest BCUT2D eigenvalue weighted by molar-refractivity contribution is -0.122. The highest BCUT2D eigenvalue weighted by Gasteiger charge is 2.28. The Balaban J connectivity index is 1.43. The van der Waals surface area contributed by atoms with Gasteiger partial charge in [0, 0.05) is 55.8 Å². The highest BCUT2D eigenvalue weighted by atomic mass is 35.5. The topological polar surface area (TPSA) is 136 Å². The molecule has 216 valence electrons. The van der Waals surface area contributed by atoms with Crippen LogP contribution in [0.25, 0.3) is 22.2 Å². The van der Waals surface area contributed by atoms with Crippen LogP contribution in [0.4, 0.5) is 21.8 Å². The van der Waals surface area contributed by atoms with Gasteiger partial charge in [-0.15, -0.1) is 0 Å². The third-order valence-electron chi connectivity index (χ3n) is 7.12. The van der Waals surface area contributed by atoms with Gasteiger partial charge in [0.2, 0.25) is 11.9 Å². The number of hydrogen-bond donors (Lipinski definition) is 3. The van der Waals surface area contributed by atoms with Crippen molar-refractivity contribution < 1.29 is 17.6 Å². The molecule has 1 unspecified atom stereocenters. The van der Waals surface area contributed by atoms with Crippen molar-refractivity contribution in [3.05, 3.63) is 53.7 Å². The molecule has 1 aliphatic heterocycles. The Morgan fingerprint density at radius 3 is 2.66 bits per heavy atom. The Labute approximate surface area is 242 Å². The molecule has 1 aliphatic rings. The van der Waals surface area contributed by atoms with Crippen molar-refractivity contribution in [2.24, 2.45) is 0 Å². The van der Waals surface area contributed by atoms with Crippen molar-refractivity contribution in [1.82, 2.24) is 29.7 Å². The van der Waals surface area contributed by atoms with E-state index in [1.807, 2.05) is 6.92 Å². The minimum atomic E-state index is -3.77. The molecule has 0 bridgehead atoms. The summed E-state index contributed by atoms with van der Waals surface area (Å²) in [5.74, 6) is -0.660.